The lowest BCUT2D eigenvalue weighted by molar-refractivity contribution is 0.357. The molecule has 0 unspecified atom stereocenters. The Morgan fingerprint density at radius 2 is 2.32 bits per heavy atom. The third-order valence-electron chi connectivity index (χ3n) is 3.63. The largest absolute Gasteiger partial charge is 0.493 e. The van der Waals surface area contributed by atoms with Gasteiger partial charge in [-0.1, -0.05) is 30.7 Å². The van der Waals surface area contributed by atoms with Gasteiger partial charge >= 0.3 is 0 Å². The average molecular weight is 259 g/mol. The summed E-state index contributed by atoms with van der Waals surface area (Å²) in [5.41, 5.74) is 4.31. The van der Waals surface area contributed by atoms with Crippen LogP contribution in [0.25, 0.3) is 0 Å². The van der Waals surface area contributed by atoms with Gasteiger partial charge in [0.25, 0.3) is 0 Å². The molecule has 1 aliphatic rings. The Labute approximate surface area is 116 Å². The van der Waals surface area contributed by atoms with Crippen molar-refractivity contribution in [3.63, 3.8) is 0 Å². The SMILES string of the molecule is CCNCCC=C(C)CCc1ccc2c(c1)CCO2. The van der Waals surface area contributed by atoms with Crippen molar-refractivity contribution in [3.05, 3.63) is 41.0 Å². The van der Waals surface area contributed by atoms with Crippen molar-refractivity contribution in [2.24, 2.45) is 0 Å². The second kappa shape index (κ2) is 7.34. The molecule has 0 fully saturated rings. The molecule has 0 spiro atoms. The molecule has 1 aromatic carbocycles. The number of aryl methyl sites for hydroxylation is 1. The van der Waals surface area contributed by atoms with Crippen LogP contribution in [0, 0.1) is 0 Å². The molecule has 1 heterocycles. The number of hydrogen-bond acceptors (Lipinski definition) is 2. The van der Waals surface area contributed by atoms with Gasteiger partial charge in [-0.25, -0.2) is 0 Å². The van der Waals surface area contributed by atoms with E-state index in [1.54, 1.807) is 0 Å². The highest BCUT2D eigenvalue weighted by molar-refractivity contribution is 5.39. The standard InChI is InChI=1S/C17H25NO/c1-3-18-11-4-5-14(2)6-7-15-8-9-17-16(13-15)10-12-19-17/h5,8-9,13,18H,3-4,6-7,10-12H2,1-2H3. The molecule has 0 aliphatic carbocycles. The van der Waals surface area contributed by atoms with E-state index in [4.69, 9.17) is 4.74 Å². The van der Waals surface area contributed by atoms with Gasteiger partial charge in [-0.05, 0) is 56.5 Å². The second-order valence-corrected chi connectivity index (χ2v) is 5.23. The first-order valence-corrected chi connectivity index (χ1v) is 7.40. The van der Waals surface area contributed by atoms with Crippen molar-refractivity contribution < 1.29 is 4.74 Å². The lowest BCUT2D eigenvalue weighted by atomic mass is 10.0. The summed E-state index contributed by atoms with van der Waals surface area (Å²) in [5, 5.41) is 3.35. The predicted molar refractivity (Wildman–Crippen MR) is 80.9 cm³/mol. The van der Waals surface area contributed by atoms with Crippen LogP contribution in [-0.4, -0.2) is 19.7 Å². The zero-order valence-electron chi connectivity index (χ0n) is 12.2. The normalized spacial score (nSPS) is 14.3. The lowest BCUT2D eigenvalue weighted by Gasteiger charge is -2.05. The Morgan fingerprint density at radius 3 is 3.16 bits per heavy atom. The van der Waals surface area contributed by atoms with Gasteiger partial charge in [-0.2, -0.15) is 0 Å². The summed E-state index contributed by atoms with van der Waals surface area (Å²) in [4.78, 5) is 0. The number of ether oxygens (including phenoxy) is 1. The monoisotopic (exact) mass is 259 g/mol. The van der Waals surface area contributed by atoms with E-state index in [-0.39, 0.29) is 0 Å². The number of allylic oxidation sites excluding steroid dienone is 1. The first-order chi connectivity index (χ1) is 9.29. The van der Waals surface area contributed by atoms with Crippen LogP contribution in [0.15, 0.2) is 29.8 Å². The third-order valence-corrected chi connectivity index (χ3v) is 3.63. The van der Waals surface area contributed by atoms with Crippen LogP contribution in [-0.2, 0) is 12.8 Å². The van der Waals surface area contributed by atoms with Gasteiger partial charge in [-0.15, -0.1) is 0 Å². The number of rotatable bonds is 7. The maximum absolute atomic E-state index is 5.54. The summed E-state index contributed by atoms with van der Waals surface area (Å²) in [6, 6.07) is 6.65. The Bertz CT molecular complexity index is 437. The summed E-state index contributed by atoms with van der Waals surface area (Å²) in [6.45, 7) is 7.38. The summed E-state index contributed by atoms with van der Waals surface area (Å²) >= 11 is 0. The summed E-state index contributed by atoms with van der Waals surface area (Å²) < 4.78 is 5.54. The van der Waals surface area contributed by atoms with Gasteiger partial charge < -0.3 is 10.1 Å². The predicted octanol–water partition coefficient (Wildman–Crippen LogP) is 3.50. The van der Waals surface area contributed by atoms with Crippen molar-refractivity contribution in [1.29, 1.82) is 0 Å². The summed E-state index contributed by atoms with van der Waals surface area (Å²) in [7, 11) is 0. The van der Waals surface area contributed by atoms with Crippen LogP contribution in [0.2, 0.25) is 0 Å². The van der Waals surface area contributed by atoms with E-state index < -0.39 is 0 Å². The molecule has 0 saturated carbocycles. The van der Waals surface area contributed by atoms with Gasteiger partial charge in [0.1, 0.15) is 5.75 Å². The highest BCUT2D eigenvalue weighted by Crippen LogP contribution is 2.26. The van der Waals surface area contributed by atoms with Crippen LogP contribution in [0.5, 0.6) is 5.75 Å². The molecule has 0 bridgehead atoms. The zero-order chi connectivity index (χ0) is 13.5. The molecule has 1 N–H and O–H groups in total. The van der Waals surface area contributed by atoms with Crippen LogP contribution < -0.4 is 10.1 Å². The number of benzene rings is 1. The minimum absolute atomic E-state index is 0.849. The fraction of sp³-hybridized carbons (Fsp3) is 0.529. The van der Waals surface area contributed by atoms with E-state index in [2.05, 4.69) is 43.4 Å². The molecular weight excluding hydrogens is 234 g/mol. The average Bonchev–Trinajstić information content (AvgIpc) is 2.89. The van der Waals surface area contributed by atoms with Crippen LogP contribution >= 0.6 is 0 Å². The van der Waals surface area contributed by atoms with Crippen molar-refractivity contribution >= 4 is 0 Å². The fourth-order valence-corrected chi connectivity index (χ4v) is 2.44. The van der Waals surface area contributed by atoms with Crippen molar-refractivity contribution in [2.45, 2.75) is 39.5 Å². The minimum atomic E-state index is 0.849. The molecule has 0 radical (unpaired) electrons. The topological polar surface area (TPSA) is 21.3 Å². The van der Waals surface area contributed by atoms with Crippen LogP contribution in [0.3, 0.4) is 0 Å². The van der Waals surface area contributed by atoms with E-state index in [1.165, 1.54) is 16.7 Å². The third kappa shape index (κ3) is 4.39. The molecule has 0 aromatic heterocycles. The van der Waals surface area contributed by atoms with E-state index >= 15 is 0 Å². The van der Waals surface area contributed by atoms with Gasteiger partial charge in [0, 0.05) is 6.42 Å². The van der Waals surface area contributed by atoms with Gasteiger partial charge in [-0.3, -0.25) is 0 Å². The van der Waals surface area contributed by atoms with Gasteiger partial charge in [0.15, 0.2) is 0 Å². The molecule has 2 nitrogen and oxygen atoms in total. The maximum atomic E-state index is 5.54. The molecule has 2 heteroatoms. The molecule has 0 saturated heterocycles. The number of fused-ring (bicyclic) bond motifs is 1. The van der Waals surface area contributed by atoms with E-state index in [0.717, 1.165) is 51.1 Å². The van der Waals surface area contributed by atoms with Crippen LogP contribution in [0.4, 0.5) is 0 Å². The first kappa shape index (κ1) is 14.1. The molecule has 2 rings (SSSR count). The highest BCUT2D eigenvalue weighted by Gasteiger charge is 2.11. The van der Waals surface area contributed by atoms with Crippen molar-refractivity contribution in [2.75, 3.05) is 19.7 Å². The lowest BCUT2D eigenvalue weighted by Crippen LogP contribution is -2.13. The Morgan fingerprint density at radius 1 is 1.42 bits per heavy atom. The summed E-state index contributed by atoms with van der Waals surface area (Å²) in [6.07, 6.45) is 6.86. The Balaban J connectivity index is 1.78. The summed E-state index contributed by atoms with van der Waals surface area (Å²) in [5.74, 6) is 1.08. The quantitative estimate of drug-likeness (QED) is 0.598. The molecule has 1 aliphatic heterocycles. The molecule has 0 atom stereocenters. The first-order valence-electron chi connectivity index (χ1n) is 7.40. The Kier molecular flexibility index (Phi) is 5.46. The maximum Gasteiger partial charge on any atom is 0.122 e. The van der Waals surface area contributed by atoms with Crippen molar-refractivity contribution in [3.8, 4) is 5.75 Å². The van der Waals surface area contributed by atoms with E-state index in [9.17, 15) is 0 Å². The van der Waals surface area contributed by atoms with E-state index in [1.807, 2.05) is 0 Å². The molecular formula is C17H25NO. The van der Waals surface area contributed by atoms with Gasteiger partial charge in [0.05, 0.1) is 6.61 Å². The number of nitrogens with one attached hydrogen (secondary N) is 1. The van der Waals surface area contributed by atoms with Crippen LogP contribution in [0.1, 0.15) is 37.8 Å². The zero-order valence-corrected chi connectivity index (χ0v) is 12.2. The highest BCUT2D eigenvalue weighted by atomic mass is 16.5. The van der Waals surface area contributed by atoms with E-state index in [0.29, 0.717) is 0 Å². The molecule has 104 valence electrons. The molecule has 19 heavy (non-hydrogen) atoms. The minimum Gasteiger partial charge on any atom is -0.493 e. The van der Waals surface area contributed by atoms with Gasteiger partial charge in [0.2, 0.25) is 0 Å². The fourth-order valence-electron chi connectivity index (χ4n) is 2.44. The molecule has 0 amide bonds. The van der Waals surface area contributed by atoms with Crippen molar-refractivity contribution in [1.82, 2.24) is 5.32 Å². The Hall–Kier alpha value is -1.28. The molecule has 1 aromatic rings. The smallest absolute Gasteiger partial charge is 0.122 e. The number of hydrogen-bond donors (Lipinski definition) is 1. The second-order valence-electron chi connectivity index (χ2n) is 5.23.